The standard InChI is InChI=1S/C17H23FN2O2S/c18-14-3-1-13(2-4-14)11-20-8-5-15(6-9-20)19-16(21)17(22)7-10-23-12-17/h1-4,15,22H,5-12H2,(H,19,21). The summed E-state index contributed by atoms with van der Waals surface area (Å²) in [7, 11) is 0. The summed E-state index contributed by atoms with van der Waals surface area (Å²) in [4.78, 5) is 14.5. The van der Waals surface area contributed by atoms with E-state index in [1.165, 1.54) is 12.1 Å². The molecule has 6 heteroatoms. The number of likely N-dealkylation sites (tertiary alicyclic amines) is 1. The van der Waals surface area contributed by atoms with Gasteiger partial charge in [-0.25, -0.2) is 4.39 Å². The van der Waals surface area contributed by atoms with Gasteiger partial charge >= 0.3 is 0 Å². The average Bonchev–Trinajstić information content (AvgIpc) is 3.00. The maximum absolute atomic E-state index is 12.9. The average molecular weight is 338 g/mol. The molecule has 2 N–H and O–H groups in total. The van der Waals surface area contributed by atoms with Crippen LogP contribution in [0.3, 0.4) is 0 Å². The van der Waals surface area contributed by atoms with Crippen LogP contribution < -0.4 is 5.32 Å². The molecule has 0 radical (unpaired) electrons. The summed E-state index contributed by atoms with van der Waals surface area (Å²) >= 11 is 1.63. The van der Waals surface area contributed by atoms with Crippen molar-refractivity contribution < 1.29 is 14.3 Å². The number of halogens is 1. The van der Waals surface area contributed by atoms with Gasteiger partial charge in [0.1, 0.15) is 5.82 Å². The molecule has 2 saturated heterocycles. The summed E-state index contributed by atoms with van der Waals surface area (Å²) in [6.45, 7) is 2.60. The second-order valence-corrected chi connectivity index (χ2v) is 7.59. The Bertz CT molecular complexity index is 538. The van der Waals surface area contributed by atoms with E-state index in [0.29, 0.717) is 12.2 Å². The van der Waals surface area contributed by atoms with E-state index in [2.05, 4.69) is 10.2 Å². The topological polar surface area (TPSA) is 52.6 Å². The van der Waals surface area contributed by atoms with Gasteiger partial charge in [0.25, 0.3) is 5.91 Å². The van der Waals surface area contributed by atoms with E-state index in [9.17, 15) is 14.3 Å². The molecule has 1 amide bonds. The minimum Gasteiger partial charge on any atom is -0.379 e. The van der Waals surface area contributed by atoms with Gasteiger partial charge < -0.3 is 10.4 Å². The van der Waals surface area contributed by atoms with Crippen molar-refractivity contribution in [2.75, 3.05) is 24.6 Å². The lowest BCUT2D eigenvalue weighted by atomic mass is 9.99. The zero-order valence-corrected chi connectivity index (χ0v) is 13.9. The fourth-order valence-electron chi connectivity index (χ4n) is 3.14. The van der Waals surface area contributed by atoms with Crippen molar-refractivity contribution in [3.63, 3.8) is 0 Å². The van der Waals surface area contributed by atoms with Crippen LogP contribution in [0.25, 0.3) is 0 Å². The van der Waals surface area contributed by atoms with Crippen LogP contribution in [-0.2, 0) is 11.3 Å². The fraction of sp³-hybridized carbons (Fsp3) is 0.588. The van der Waals surface area contributed by atoms with Gasteiger partial charge in [0, 0.05) is 31.4 Å². The molecular weight excluding hydrogens is 315 g/mol. The Kier molecular flexibility index (Phi) is 5.24. The predicted octanol–water partition coefficient (Wildman–Crippen LogP) is 1.77. The van der Waals surface area contributed by atoms with Gasteiger partial charge in [0.05, 0.1) is 0 Å². The first-order chi connectivity index (χ1) is 11.0. The lowest BCUT2D eigenvalue weighted by Gasteiger charge is -2.33. The van der Waals surface area contributed by atoms with Crippen LogP contribution in [0, 0.1) is 5.82 Å². The maximum Gasteiger partial charge on any atom is 0.253 e. The number of hydrogen-bond donors (Lipinski definition) is 2. The monoisotopic (exact) mass is 338 g/mol. The van der Waals surface area contributed by atoms with Crippen molar-refractivity contribution in [3.05, 3.63) is 35.6 Å². The van der Waals surface area contributed by atoms with E-state index >= 15 is 0 Å². The first-order valence-electron chi connectivity index (χ1n) is 8.13. The first kappa shape index (κ1) is 16.7. The van der Waals surface area contributed by atoms with E-state index in [1.54, 1.807) is 11.8 Å². The number of thioether (sulfide) groups is 1. The summed E-state index contributed by atoms with van der Waals surface area (Å²) in [5, 5.41) is 13.3. The molecule has 4 nitrogen and oxygen atoms in total. The number of amides is 1. The predicted molar refractivity (Wildman–Crippen MR) is 89.7 cm³/mol. The largest absolute Gasteiger partial charge is 0.379 e. The highest BCUT2D eigenvalue weighted by Crippen LogP contribution is 2.28. The van der Waals surface area contributed by atoms with E-state index < -0.39 is 5.60 Å². The number of carbonyl (C=O) groups is 1. The number of carbonyl (C=O) groups excluding carboxylic acids is 1. The van der Waals surface area contributed by atoms with Crippen LogP contribution in [-0.4, -0.2) is 52.2 Å². The molecule has 2 aliphatic heterocycles. The van der Waals surface area contributed by atoms with Crippen LogP contribution in [0.2, 0.25) is 0 Å². The molecular formula is C17H23FN2O2S. The van der Waals surface area contributed by atoms with Crippen molar-refractivity contribution in [1.82, 2.24) is 10.2 Å². The molecule has 1 unspecified atom stereocenters. The van der Waals surface area contributed by atoms with Crippen LogP contribution in [0.1, 0.15) is 24.8 Å². The zero-order valence-electron chi connectivity index (χ0n) is 13.1. The van der Waals surface area contributed by atoms with Crippen molar-refractivity contribution in [1.29, 1.82) is 0 Å². The van der Waals surface area contributed by atoms with Gasteiger partial charge in [-0.05, 0) is 42.7 Å². The van der Waals surface area contributed by atoms with Crippen molar-refractivity contribution in [2.24, 2.45) is 0 Å². The Hall–Kier alpha value is -1.11. The van der Waals surface area contributed by atoms with E-state index in [0.717, 1.165) is 43.8 Å². The minimum absolute atomic E-state index is 0.140. The molecule has 0 aliphatic carbocycles. The van der Waals surface area contributed by atoms with E-state index in [4.69, 9.17) is 0 Å². The second-order valence-electron chi connectivity index (χ2n) is 6.48. The molecule has 1 aromatic rings. The number of hydrogen-bond acceptors (Lipinski definition) is 4. The molecule has 0 saturated carbocycles. The van der Waals surface area contributed by atoms with Gasteiger partial charge in [-0.1, -0.05) is 12.1 Å². The molecule has 126 valence electrons. The fourth-order valence-corrected chi connectivity index (χ4v) is 4.38. The quantitative estimate of drug-likeness (QED) is 0.879. The highest BCUT2D eigenvalue weighted by Gasteiger charge is 2.40. The number of nitrogens with one attached hydrogen (secondary N) is 1. The Labute approximate surface area is 140 Å². The van der Waals surface area contributed by atoms with Gasteiger partial charge in [-0.3, -0.25) is 9.69 Å². The Morgan fingerprint density at radius 2 is 2.04 bits per heavy atom. The van der Waals surface area contributed by atoms with Crippen molar-refractivity contribution in [3.8, 4) is 0 Å². The third-order valence-corrected chi connectivity index (χ3v) is 5.84. The maximum atomic E-state index is 12.9. The summed E-state index contributed by atoms with van der Waals surface area (Å²) in [6.07, 6.45) is 2.32. The number of piperidine rings is 1. The minimum atomic E-state index is -1.17. The Morgan fingerprint density at radius 3 is 2.65 bits per heavy atom. The molecule has 0 bridgehead atoms. The van der Waals surface area contributed by atoms with Gasteiger partial charge in [0.15, 0.2) is 5.60 Å². The van der Waals surface area contributed by atoms with Crippen LogP contribution in [0.5, 0.6) is 0 Å². The third kappa shape index (κ3) is 4.25. The highest BCUT2D eigenvalue weighted by molar-refractivity contribution is 7.99. The van der Waals surface area contributed by atoms with E-state index in [-0.39, 0.29) is 17.8 Å². The Morgan fingerprint density at radius 1 is 1.35 bits per heavy atom. The molecule has 2 aliphatic rings. The molecule has 1 aromatic carbocycles. The number of aliphatic hydroxyl groups is 1. The zero-order chi connectivity index (χ0) is 16.3. The smallest absolute Gasteiger partial charge is 0.253 e. The van der Waals surface area contributed by atoms with Gasteiger partial charge in [-0.2, -0.15) is 11.8 Å². The number of rotatable bonds is 4. The van der Waals surface area contributed by atoms with Gasteiger partial charge in [-0.15, -0.1) is 0 Å². The summed E-state index contributed by atoms with van der Waals surface area (Å²) in [6, 6.07) is 6.75. The Balaban J connectivity index is 1.45. The second kappa shape index (κ2) is 7.20. The normalized spacial score (nSPS) is 26.3. The molecule has 0 aromatic heterocycles. The number of benzene rings is 1. The third-order valence-electron chi connectivity index (χ3n) is 4.67. The van der Waals surface area contributed by atoms with Crippen molar-refractivity contribution >= 4 is 17.7 Å². The first-order valence-corrected chi connectivity index (χ1v) is 9.28. The number of nitrogens with zero attached hydrogens (tertiary/aromatic N) is 1. The molecule has 3 rings (SSSR count). The van der Waals surface area contributed by atoms with Crippen LogP contribution in [0.15, 0.2) is 24.3 Å². The summed E-state index contributed by atoms with van der Waals surface area (Å²) in [5.41, 5.74) is -0.0678. The lowest BCUT2D eigenvalue weighted by Crippen LogP contribution is -2.53. The summed E-state index contributed by atoms with van der Waals surface area (Å²) in [5.74, 6) is 0.931. The molecule has 2 fully saturated rings. The summed E-state index contributed by atoms with van der Waals surface area (Å²) < 4.78 is 12.9. The van der Waals surface area contributed by atoms with Gasteiger partial charge in [0.2, 0.25) is 0 Å². The SMILES string of the molecule is O=C(NC1CCN(Cc2ccc(F)cc2)CC1)C1(O)CCSC1. The molecule has 23 heavy (non-hydrogen) atoms. The van der Waals surface area contributed by atoms with Crippen molar-refractivity contribution in [2.45, 2.75) is 37.5 Å². The molecule has 1 atom stereocenters. The highest BCUT2D eigenvalue weighted by atomic mass is 32.2. The molecule has 0 spiro atoms. The lowest BCUT2D eigenvalue weighted by molar-refractivity contribution is -0.138. The molecule has 2 heterocycles. The van der Waals surface area contributed by atoms with Crippen LogP contribution in [0.4, 0.5) is 4.39 Å². The van der Waals surface area contributed by atoms with Crippen LogP contribution >= 0.6 is 11.8 Å². The van der Waals surface area contributed by atoms with E-state index in [1.807, 2.05) is 12.1 Å².